The molecule has 2 heterocycles. The van der Waals surface area contributed by atoms with Gasteiger partial charge in [-0.25, -0.2) is 9.78 Å². The number of carbonyl (C=O) groups is 2. The van der Waals surface area contributed by atoms with Crippen molar-refractivity contribution in [2.75, 3.05) is 10.6 Å². The Morgan fingerprint density at radius 1 is 1.15 bits per heavy atom. The van der Waals surface area contributed by atoms with Crippen LogP contribution >= 0.6 is 11.3 Å². The molecule has 0 spiro atoms. The van der Waals surface area contributed by atoms with Crippen molar-refractivity contribution in [3.05, 3.63) is 53.5 Å². The molecule has 4 rings (SSSR count). The van der Waals surface area contributed by atoms with E-state index in [1.807, 2.05) is 23.7 Å². The number of hydrogen-bond donors (Lipinski definition) is 4. The highest BCUT2D eigenvalue weighted by Gasteiger charge is 2.23. The maximum atomic E-state index is 12.5. The van der Waals surface area contributed by atoms with Crippen LogP contribution in [0, 0.1) is 0 Å². The van der Waals surface area contributed by atoms with Gasteiger partial charge in [-0.15, -0.1) is 11.3 Å². The molecule has 132 valence electrons. The van der Waals surface area contributed by atoms with Crippen molar-refractivity contribution in [2.45, 2.75) is 18.9 Å². The predicted octanol–water partition coefficient (Wildman–Crippen LogP) is 3.67. The number of aromatic nitrogens is 2. The number of amides is 3. The van der Waals surface area contributed by atoms with Crippen molar-refractivity contribution < 1.29 is 9.59 Å². The van der Waals surface area contributed by atoms with Gasteiger partial charge >= 0.3 is 6.03 Å². The van der Waals surface area contributed by atoms with Gasteiger partial charge in [0.1, 0.15) is 0 Å². The molecule has 0 atom stereocenters. The van der Waals surface area contributed by atoms with E-state index in [4.69, 9.17) is 0 Å². The van der Waals surface area contributed by atoms with Crippen LogP contribution in [0.15, 0.2) is 48.0 Å². The smallest absolute Gasteiger partial charge is 0.319 e. The molecule has 8 heteroatoms. The van der Waals surface area contributed by atoms with Gasteiger partial charge in [-0.05, 0) is 43.2 Å². The Kier molecular flexibility index (Phi) is 4.40. The third kappa shape index (κ3) is 3.92. The molecular weight excluding hydrogens is 350 g/mol. The third-order valence-electron chi connectivity index (χ3n) is 3.89. The van der Waals surface area contributed by atoms with Gasteiger partial charge in [-0.1, -0.05) is 6.07 Å². The summed E-state index contributed by atoms with van der Waals surface area (Å²) in [5.74, 6) is -0.274. The number of thiazole rings is 1. The number of hydrogen-bond acceptors (Lipinski definition) is 4. The Morgan fingerprint density at radius 2 is 2.04 bits per heavy atom. The zero-order chi connectivity index (χ0) is 17.9. The lowest BCUT2D eigenvalue weighted by Gasteiger charge is -2.08. The molecule has 1 aromatic carbocycles. The SMILES string of the molecule is O=C(Nc1cccc(C(=O)Nc2nc(-c3ccc[nH]3)cs2)c1)NC1CC1. The van der Waals surface area contributed by atoms with Crippen LogP contribution in [0.25, 0.3) is 11.4 Å². The number of H-pyrrole nitrogens is 1. The molecule has 2 aromatic heterocycles. The van der Waals surface area contributed by atoms with Gasteiger partial charge in [0.15, 0.2) is 5.13 Å². The summed E-state index contributed by atoms with van der Waals surface area (Å²) in [6.07, 6.45) is 3.87. The molecule has 26 heavy (non-hydrogen) atoms. The lowest BCUT2D eigenvalue weighted by molar-refractivity contribution is 0.102. The maximum Gasteiger partial charge on any atom is 0.319 e. The van der Waals surface area contributed by atoms with E-state index in [0.29, 0.717) is 16.4 Å². The van der Waals surface area contributed by atoms with E-state index in [0.717, 1.165) is 24.2 Å². The second kappa shape index (κ2) is 7.01. The fourth-order valence-corrected chi connectivity index (χ4v) is 3.14. The number of anilines is 2. The van der Waals surface area contributed by atoms with Crippen LogP contribution in [0.5, 0.6) is 0 Å². The molecule has 1 aliphatic carbocycles. The molecule has 7 nitrogen and oxygen atoms in total. The largest absolute Gasteiger partial charge is 0.360 e. The number of rotatable bonds is 5. The Hall–Kier alpha value is -3.13. The van der Waals surface area contributed by atoms with Crippen LogP contribution in [-0.2, 0) is 0 Å². The molecular formula is C18H17N5O2S. The molecule has 3 aromatic rings. The van der Waals surface area contributed by atoms with Gasteiger partial charge in [0.25, 0.3) is 5.91 Å². The van der Waals surface area contributed by atoms with E-state index in [1.165, 1.54) is 11.3 Å². The molecule has 0 radical (unpaired) electrons. The first-order valence-corrected chi connectivity index (χ1v) is 9.13. The molecule has 1 aliphatic rings. The normalized spacial score (nSPS) is 13.2. The molecule has 3 amide bonds. The zero-order valence-electron chi connectivity index (χ0n) is 13.8. The van der Waals surface area contributed by atoms with Gasteiger partial charge in [0.2, 0.25) is 0 Å². The first-order chi connectivity index (χ1) is 12.7. The van der Waals surface area contributed by atoms with E-state index in [-0.39, 0.29) is 18.0 Å². The number of aromatic amines is 1. The summed E-state index contributed by atoms with van der Waals surface area (Å²) in [6, 6.07) is 10.7. The van der Waals surface area contributed by atoms with Crippen molar-refractivity contribution in [1.82, 2.24) is 15.3 Å². The standard InChI is InChI=1S/C18H17N5O2S/c24-16(23-18-22-15(10-26-18)14-5-2-8-19-14)11-3-1-4-13(9-11)21-17(25)20-12-6-7-12/h1-5,8-10,12,19H,6-7H2,(H2,20,21,25)(H,22,23,24). The number of carbonyl (C=O) groups excluding carboxylic acids is 2. The van der Waals surface area contributed by atoms with Gasteiger partial charge < -0.3 is 15.6 Å². The average Bonchev–Trinajstić information content (AvgIpc) is 3.11. The Labute approximate surface area is 153 Å². The Bertz CT molecular complexity index is 931. The van der Waals surface area contributed by atoms with Gasteiger partial charge in [-0.3, -0.25) is 10.1 Å². The minimum absolute atomic E-state index is 0.249. The summed E-state index contributed by atoms with van der Waals surface area (Å²) in [5, 5.41) is 10.8. The monoisotopic (exact) mass is 367 g/mol. The third-order valence-corrected chi connectivity index (χ3v) is 4.65. The van der Waals surface area contributed by atoms with Gasteiger partial charge in [-0.2, -0.15) is 0 Å². The van der Waals surface area contributed by atoms with Crippen LogP contribution in [0.3, 0.4) is 0 Å². The Morgan fingerprint density at radius 3 is 2.81 bits per heavy atom. The van der Waals surface area contributed by atoms with E-state index in [9.17, 15) is 9.59 Å². The highest BCUT2D eigenvalue weighted by atomic mass is 32.1. The first-order valence-electron chi connectivity index (χ1n) is 8.25. The second-order valence-corrected chi connectivity index (χ2v) is 6.89. The van der Waals surface area contributed by atoms with Crippen LogP contribution < -0.4 is 16.0 Å². The fourth-order valence-electron chi connectivity index (χ4n) is 2.43. The van der Waals surface area contributed by atoms with Crippen LogP contribution in [-0.4, -0.2) is 27.9 Å². The summed E-state index contributed by atoms with van der Waals surface area (Å²) in [5.41, 5.74) is 2.70. The van der Waals surface area contributed by atoms with Crippen LogP contribution in [0.2, 0.25) is 0 Å². The number of urea groups is 1. The van der Waals surface area contributed by atoms with Crippen molar-refractivity contribution in [2.24, 2.45) is 0 Å². The van der Waals surface area contributed by atoms with E-state index < -0.39 is 0 Å². The maximum absolute atomic E-state index is 12.5. The van der Waals surface area contributed by atoms with Crippen LogP contribution in [0.1, 0.15) is 23.2 Å². The van der Waals surface area contributed by atoms with Gasteiger partial charge in [0.05, 0.1) is 11.4 Å². The van der Waals surface area contributed by atoms with Gasteiger partial charge in [0, 0.05) is 28.9 Å². The summed E-state index contributed by atoms with van der Waals surface area (Å²) >= 11 is 1.36. The summed E-state index contributed by atoms with van der Waals surface area (Å²) < 4.78 is 0. The quantitative estimate of drug-likeness (QED) is 0.554. The molecule has 0 aliphatic heterocycles. The number of nitrogens with zero attached hydrogens (tertiary/aromatic N) is 1. The molecule has 1 saturated carbocycles. The highest BCUT2D eigenvalue weighted by molar-refractivity contribution is 7.14. The Balaban J connectivity index is 1.41. The highest BCUT2D eigenvalue weighted by Crippen LogP contribution is 2.24. The topological polar surface area (TPSA) is 98.9 Å². The lowest BCUT2D eigenvalue weighted by Crippen LogP contribution is -2.30. The van der Waals surface area contributed by atoms with E-state index in [2.05, 4.69) is 25.9 Å². The minimum Gasteiger partial charge on any atom is -0.360 e. The van der Waals surface area contributed by atoms with Crippen molar-refractivity contribution in [3.8, 4) is 11.4 Å². The van der Waals surface area contributed by atoms with Crippen LogP contribution in [0.4, 0.5) is 15.6 Å². The molecule has 4 N–H and O–H groups in total. The second-order valence-electron chi connectivity index (χ2n) is 6.03. The number of nitrogens with one attached hydrogen (secondary N) is 4. The summed E-state index contributed by atoms with van der Waals surface area (Å²) in [6.45, 7) is 0. The minimum atomic E-state index is -0.274. The zero-order valence-corrected chi connectivity index (χ0v) is 14.6. The van der Waals surface area contributed by atoms with Crippen molar-refractivity contribution in [1.29, 1.82) is 0 Å². The summed E-state index contributed by atoms with van der Waals surface area (Å²) in [4.78, 5) is 31.8. The average molecular weight is 367 g/mol. The molecule has 0 saturated heterocycles. The van der Waals surface area contributed by atoms with Crippen molar-refractivity contribution >= 4 is 34.1 Å². The molecule has 1 fully saturated rings. The predicted molar refractivity (Wildman–Crippen MR) is 101 cm³/mol. The first kappa shape index (κ1) is 16.3. The molecule has 0 unspecified atom stereocenters. The molecule has 0 bridgehead atoms. The lowest BCUT2D eigenvalue weighted by atomic mass is 10.2. The van der Waals surface area contributed by atoms with Crippen molar-refractivity contribution in [3.63, 3.8) is 0 Å². The summed E-state index contributed by atoms with van der Waals surface area (Å²) in [7, 11) is 0. The fraction of sp³-hybridized carbons (Fsp3) is 0.167. The number of benzene rings is 1. The van der Waals surface area contributed by atoms with E-state index in [1.54, 1.807) is 24.3 Å². The van der Waals surface area contributed by atoms with E-state index >= 15 is 0 Å².